The van der Waals surface area contributed by atoms with Crippen molar-refractivity contribution >= 4 is 12.4 Å². The summed E-state index contributed by atoms with van der Waals surface area (Å²) >= 11 is 0. The molecule has 1 aliphatic heterocycles. The zero-order valence-electron chi connectivity index (χ0n) is 11.2. The van der Waals surface area contributed by atoms with Gasteiger partial charge in [-0.1, -0.05) is 12.1 Å². The first-order valence-electron chi connectivity index (χ1n) is 6.36. The highest BCUT2D eigenvalue weighted by Gasteiger charge is 2.36. The molecule has 0 saturated carbocycles. The van der Waals surface area contributed by atoms with Crippen LogP contribution in [0.4, 0.5) is 17.6 Å². The van der Waals surface area contributed by atoms with Gasteiger partial charge < -0.3 is 10.4 Å². The predicted octanol–water partition coefficient (Wildman–Crippen LogP) is 2.20. The molecule has 0 aromatic heterocycles. The number of rotatable bonds is 3. The molecule has 0 aliphatic carbocycles. The van der Waals surface area contributed by atoms with Crippen LogP contribution in [-0.2, 0) is 6.18 Å². The molecule has 8 heteroatoms. The molecule has 1 aromatic carbocycles. The first kappa shape index (κ1) is 18.2. The van der Waals surface area contributed by atoms with Crippen LogP contribution in [0.15, 0.2) is 18.2 Å². The number of aliphatic hydroxyl groups excluding tert-OH is 1. The normalized spacial score (nSPS) is 18.1. The lowest BCUT2D eigenvalue weighted by atomic mass is 10.0. The van der Waals surface area contributed by atoms with Gasteiger partial charge in [0.05, 0.1) is 18.2 Å². The van der Waals surface area contributed by atoms with Gasteiger partial charge in [0.25, 0.3) is 0 Å². The van der Waals surface area contributed by atoms with E-state index in [2.05, 4.69) is 5.32 Å². The zero-order valence-corrected chi connectivity index (χ0v) is 12.0. The molecule has 120 valence electrons. The van der Waals surface area contributed by atoms with Gasteiger partial charge in [0.2, 0.25) is 0 Å². The summed E-state index contributed by atoms with van der Waals surface area (Å²) < 4.78 is 52.2. The van der Waals surface area contributed by atoms with Crippen LogP contribution < -0.4 is 5.32 Å². The van der Waals surface area contributed by atoms with Crippen molar-refractivity contribution in [1.29, 1.82) is 0 Å². The van der Waals surface area contributed by atoms with Crippen LogP contribution in [0.25, 0.3) is 0 Å². The molecular weight excluding hydrogens is 312 g/mol. The second kappa shape index (κ2) is 7.40. The van der Waals surface area contributed by atoms with E-state index in [1.807, 2.05) is 0 Å². The summed E-state index contributed by atoms with van der Waals surface area (Å²) in [5.41, 5.74) is -1.40. The van der Waals surface area contributed by atoms with Crippen LogP contribution in [0.2, 0.25) is 0 Å². The number of halogens is 5. The Balaban J connectivity index is 0.00000220. The summed E-state index contributed by atoms with van der Waals surface area (Å²) in [7, 11) is 0. The molecule has 3 nitrogen and oxygen atoms in total. The van der Waals surface area contributed by atoms with Gasteiger partial charge in [-0.15, -0.1) is 12.4 Å². The molecule has 0 spiro atoms. The lowest BCUT2D eigenvalue weighted by Crippen LogP contribution is -2.46. The monoisotopic (exact) mass is 328 g/mol. The maximum atomic E-state index is 14.1. The summed E-state index contributed by atoms with van der Waals surface area (Å²) in [6, 6.07) is 2.43. The molecule has 2 rings (SSSR count). The smallest absolute Gasteiger partial charge is 0.394 e. The quantitative estimate of drug-likeness (QED) is 0.835. The molecule has 0 bridgehead atoms. The Morgan fingerprint density at radius 3 is 2.38 bits per heavy atom. The molecule has 1 aromatic rings. The van der Waals surface area contributed by atoms with Gasteiger partial charge in [-0.25, -0.2) is 4.39 Å². The summed E-state index contributed by atoms with van der Waals surface area (Å²) in [5, 5.41) is 12.5. The summed E-state index contributed by atoms with van der Waals surface area (Å²) in [5.74, 6) is -1.29. The third-order valence-corrected chi connectivity index (χ3v) is 3.46. The Bertz CT molecular complexity index is 464. The van der Waals surface area contributed by atoms with Gasteiger partial charge in [0.1, 0.15) is 5.82 Å². The van der Waals surface area contributed by atoms with E-state index in [4.69, 9.17) is 0 Å². The van der Waals surface area contributed by atoms with E-state index in [0.29, 0.717) is 32.2 Å². The highest BCUT2D eigenvalue weighted by molar-refractivity contribution is 5.85. The van der Waals surface area contributed by atoms with Crippen molar-refractivity contribution in [2.75, 3.05) is 32.8 Å². The number of aliphatic hydroxyl groups is 1. The van der Waals surface area contributed by atoms with Gasteiger partial charge in [0.15, 0.2) is 0 Å². The van der Waals surface area contributed by atoms with E-state index < -0.39 is 30.2 Å². The van der Waals surface area contributed by atoms with E-state index in [9.17, 15) is 22.7 Å². The van der Waals surface area contributed by atoms with E-state index in [0.717, 1.165) is 0 Å². The van der Waals surface area contributed by atoms with Gasteiger partial charge in [-0.3, -0.25) is 4.90 Å². The molecule has 1 fully saturated rings. The third kappa shape index (κ3) is 4.06. The molecule has 0 radical (unpaired) electrons. The summed E-state index contributed by atoms with van der Waals surface area (Å²) in [6.07, 6.45) is -4.73. The van der Waals surface area contributed by atoms with Crippen molar-refractivity contribution in [2.24, 2.45) is 0 Å². The Morgan fingerprint density at radius 2 is 1.86 bits per heavy atom. The van der Waals surface area contributed by atoms with Crippen LogP contribution in [0, 0.1) is 5.82 Å². The lowest BCUT2D eigenvalue weighted by Gasteiger charge is -2.34. The fourth-order valence-corrected chi connectivity index (χ4v) is 2.43. The number of piperazine rings is 1. The van der Waals surface area contributed by atoms with Crippen LogP contribution >= 0.6 is 12.4 Å². The van der Waals surface area contributed by atoms with Crippen LogP contribution in [0.5, 0.6) is 0 Å². The second-order valence-electron chi connectivity index (χ2n) is 4.69. The van der Waals surface area contributed by atoms with Crippen LogP contribution in [0.3, 0.4) is 0 Å². The highest BCUT2D eigenvalue weighted by Crippen LogP contribution is 2.35. The second-order valence-corrected chi connectivity index (χ2v) is 4.69. The van der Waals surface area contributed by atoms with Crippen molar-refractivity contribution < 1.29 is 22.7 Å². The van der Waals surface area contributed by atoms with Crippen molar-refractivity contribution in [3.63, 3.8) is 0 Å². The number of nitrogens with zero attached hydrogens (tertiary/aromatic N) is 1. The Morgan fingerprint density at radius 1 is 1.24 bits per heavy atom. The number of benzene rings is 1. The maximum absolute atomic E-state index is 14.1. The van der Waals surface area contributed by atoms with Gasteiger partial charge in [-0.2, -0.15) is 13.2 Å². The minimum atomic E-state index is -4.73. The van der Waals surface area contributed by atoms with E-state index in [-0.39, 0.29) is 18.0 Å². The van der Waals surface area contributed by atoms with Gasteiger partial charge >= 0.3 is 6.18 Å². The SMILES string of the molecule is Cl.OC[C@@H](c1cccc(C(F)(F)F)c1F)N1CCNCC1. The minimum Gasteiger partial charge on any atom is -0.394 e. The highest BCUT2D eigenvalue weighted by atomic mass is 35.5. The maximum Gasteiger partial charge on any atom is 0.419 e. The zero-order chi connectivity index (χ0) is 14.8. The number of hydrogen-bond donors (Lipinski definition) is 2. The van der Waals surface area contributed by atoms with E-state index in [1.54, 1.807) is 4.90 Å². The minimum absolute atomic E-state index is 0. The molecule has 2 N–H and O–H groups in total. The first-order chi connectivity index (χ1) is 9.45. The number of hydrogen-bond acceptors (Lipinski definition) is 3. The average molecular weight is 329 g/mol. The standard InChI is InChI=1S/C13H16F4N2O.ClH/c14-12-9(2-1-3-10(12)13(15,16)17)11(8-20)19-6-4-18-5-7-19;/h1-3,11,18,20H,4-8H2;1H/t11-;/m0./s1. The number of nitrogens with one attached hydrogen (secondary N) is 1. The average Bonchev–Trinajstić information content (AvgIpc) is 2.41. The van der Waals surface area contributed by atoms with E-state index in [1.165, 1.54) is 12.1 Å². The van der Waals surface area contributed by atoms with Crippen molar-refractivity contribution in [3.05, 3.63) is 35.1 Å². The predicted molar refractivity (Wildman–Crippen MR) is 72.9 cm³/mol. The fourth-order valence-electron chi connectivity index (χ4n) is 2.43. The lowest BCUT2D eigenvalue weighted by molar-refractivity contribution is -0.140. The third-order valence-electron chi connectivity index (χ3n) is 3.46. The molecule has 1 aliphatic rings. The molecule has 1 saturated heterocycles. The molecule has 1 atom stereocenters. The van der Waals surface area contributed by atoms with Crippen LogP contribution in [0.1, 0.15) is 17.2 Å². The first-order valence-corrected chi connectivity index (χ1v) is 6.36. The molecule has 21 heavy (non-hydrogen) atoms. The Kier molecular flexibility index (Phi) is 6.40. The molecular formula is C13H17ClF4N2O. The van der Waals surface area contributed by atoms with Crippen LogP contribution in [-0.4, -0.2) is 42.8 Å². The van der Waals surface area contributed by atoms with Gasteiger partial charge in [0, 0.05) is 31.7 Å². The molecule has 0 unspecified atom stereocenters. The molecule has 0 amide bonds. The van der Waals surface area contributed by atoms with E-state index >= 15 is 0 Å². The van der Waals surface area contributed by atoms with Crippen molar-refractivity contribution in [3.8, 4) is 0 Å². The van der Waals surface area contributed by atoms with Crippen molar-refractivity contribution in [1.82, 2.24) is 10.2 Å². The summed E-state index contributed by atoms with van der Waals surface area (Å²) in [4.78, 5) is 1.79. The van der Waals surface area contributed by atoms with Crippen molar-refractivity contribution in [2.45, 2.75) is 12.2 Å². The Hall–Kier alpha value is -0.890. The summed E-state index contributed by atoms with van der Waals surface area (Å²) in [6.45, 7) is 2.02. The Labute approximate surface area is 126 Å². The molecule has 1 heterocycles. The van der Waals surface area contributed by atoms with Gasteiger partial charge in [-0.05, 0) is 6.07 Å². The largest absolute Gasteiger partial charge is 0.419 e. The fraction of sp³-hybridized carbons (Fsp3) is 0.538. The topological polar surface area (TPSA) is 35.5 Å². The number of alkyl halides is 3.